The maximum Gasteiger partial charge on any atom is 0.416 e. The molecule has 0 spiro atoms. The average molecular weight is 336 g/mol. The molecule has 0 aliphatic carbocycles. The summed E-state index contributed by atoms with van der Waals surface area (Å²) in [6, 6.07) is 4.72. The van der Waals surface area contributed by atoms with Crippen molar-refractivity contribution in [3.05, 3.63) is 35.4 Å². The van der Waals surface area contributed by atoms with Crippen molar-refractivity contribution in [1.29, 1.82) is 0 Å². The SMILES string of the molecule is NS(=O)(=O)CC1CC(=O)N(Cc2cccc(C(F)(F)F)c2)C1. The van der Waals surface area contributed by atoms with Gasteiger partial charge in [0.25, 0.3) is 0 Å². The molecule has 1 fully saturated rings. The summed E-state index contributed by atoms with van der Waals surface area (Å²) in [5.74, 6) is -1.02. The second-order valence-corrected chi connectivity index (χ2v) is 7.03. The van der Waals surface area contributed by atoms with Crippen LogP contribution in [0, 0.1) is 5.92 Å². The molecule has 122 valence electrons. The first-order valence-corrected chi connectivity index (χ1v) is 8.20. The van der Waals surface area contributed by atoms with E-state index in [0.29, 0.717) is 5.56 Å². The lowest BCUT2D eigenvalue weighted by atomic mass is 10.1. The molecule has 1 aliphatic rings. The molecule has 1 atom stereocenters. The number of benzene rings is 1. The van der Waals surface area contributed by atoms with Crippen molar-refractivity contribution < 1.29 is 26.4 Å². The molecule has 0 saturated carbocycles. The highest BCUT2D eigenvalue weighted by atomic mass is 32.2. The summed E-state index contributed by atoms with van der Waals surface area (Å²) in [5, 5.41) is 4.94. The lowest BCUT2D eigenvalue weighted by Crippen LogP contribution is -2.27. The second-order valence-electron chi connectivity index (χ2n) is 5.37. The Morgan fingerprint density at radius 2 is 2.00 bits per heavy atom. The van der Waals surface area contributed by atoms with Gasteiger partial charge in [-0.1, -0.05) is 12.1 Å². The second kappa shape index (κ2) is 5.88. The number of carbonyl (C=O) groups excluding carboxylic acids is 1. The minimum atomic E-state index is -4.44. The molecule has 5 nitrogen and oxygen atoms in total. The van der Waals surface area contributed by atoms with Gasteiger partial charge < -0.3 is 4.90 Å². The summed E-state index contributed by atoms with van der Waals surface area (Å²) < 4.78 is 60.0. The predicted octanol–water partition coefficient (Wildman–Crippen LogP) is 1.34. The van der Waals surface area contributed by atoms with Crippen LogP contribution >= 0.6 is 0 Å². The van der Waals surface area contributed by atoms with Crippen molar-refractivity contribution in [3.8, 4) is 0 Å². The van der Waals surface area contributed by atoms with Crippen LogP contribution in [-0.2, 0) is 27.5 Å². The zero-order valence-electron chi connectivity index (χ0n) is 11.5. The number of amides is 1. The van der Waals surface area contributed by atoms with E-state index in [4.69, 9.17) is 5.14 Å². The van der Waals surface area contributed by atoms with Gasteiger partial charge in [0.2, 0.25) is 15.9 Å². The molecule has 1 aliphatic heterocycles. The third kappa shape index (κ3) is 4.44. The smallest absolute Gasteiger partial charge is 0.338 e. The molecule has 2 N–H and O–H groups in total. The van der Waals surface area contributed by atoms with Gasteiger partial charge >= 0.3 is 6.18 Å². The first-order chi connectivity index (χ1) is 10.0. The Morgan fingerprint density at radius 3 is 2.59 bits per heavy atom. The molecule has 1 aromatic rings. The maximum atomic E-state index is 12.6. The number of rotatable bonds is 4. The van der Waals surface area contributed by atoms with Gasteiger partial charge in [-0.25, -0.2) is 13.6 Å². The number of halogens is 3. The molecule has 2 rings (SSSR count). The Bertz CT molecular complexity index is 673. The van der Waals surface area contributed by atoms with E-state index in [-0.39, 0.29) is 31.2 Å². The predicted molar refractivity (Wildman–Crippen MR) is 72.9 cm³/mol. The van der Waals surface area contributed by atoms with Crippen molar-refractivity contribution >= 4 is 15.9 Å². The van der Waals surface area contributed by atoms with Gasteiger partial charge in [-0.05, 0) is 17.7 Å². The summed E-state index contributed by atoms with van der Waals surface area (Å²) >= 11 is 0. The molecular weight excluding hydrogens is 321 g/mol. The number of nitrogens with two attached hydrogens (primary N) is 1. The minimum absolute atomic E-state index is 0.0177. The Kier molecular flexibility index (Phi) is 4.48. The normalized spacial score (nSPS) is 19.7. The number of sulfonamides is 1. The fraction of sp³-hybridized carbons (Fsp3) is 0.462. The quantitative estimate of drug-likeness (QED) is 0.901. The maximum absolute atomic E-state index is 12.6. The Labute approximate surface area is 125 Å². The van der Waals surface area contributed by atoms with Gasteiger partial charge in [-0.2, -0.15) is 13.2 Å². The van der Waals surface area contributed by atoms with Crippen molar-refractivity contribution in [2.75, 3.05) is 12.3 Å². The summed E-state index contributed by atoms with van der Waals surface area (Å²) in [6.07, 6.45) is -4.41. The summed E-state index contributed by atoms with van der Waals surface area (Å²) in [6.45, 7) is 0.190. The number of hydrogen-bond acceptors (Lipinski definition) is 3. The van der Waals surface area contributed by atoms with Crippen molar-refractivity contribution in [1.82, 2.24) is 4.90 Å². The van der Waals surface area contributed by atoms with Crippen molar-refractivity contribution in [2.24, 2.45) is 11.1 Å². The number of hydrogen-bond donors (Lipinski definition) is 1. The molecule has 1 amide bonds. The monoisotopic (exact) mass is 336 g/mol. The van der Waals surface area contributed by atoms with E-state index in [1.54, 1.807) is 0 Å². The van der Waals surface area contributed by atoms with Crippen LogP contribution in [0.3, 0.4) is 0 Å². The first kappa shape index (κ1) is 16.8. The number of carbonyl (C=O) groups is 1. The number of nitrogens with zero attached hydrogens (tertiary/aromatic N) is 1. The molecular formula is C13H15F3N2O3S. The molecule has 1 aromatic carbocycles. The molecule has 1 saturated heterocycles. The zero-order valence-corrected chi connectivity index (χ0v) is 12.3. The first-order valence-electron chi connectivity index (χ1n) is 6.49. The van der Waals surface area contributed by atoms with Gasteiger partial charge in [-0.15, -0.1) is 0 Å². The van der Waals surface area contributed by atoms with Crippen LogP contribution in [0.4, 0.5) is 13.2 Å². The van der Waals surface area contributed by atoms with E-state index in [2.05, 4.69) is 0 Å². The van der Waals surface area contributed by atoms with Gasteiger partial charge in [0.15, 0.2) is 0 Å². The van der Waals surface area contributed by atoms with Crippen molar-refractivity contribution in [2.45, 2.75) is 19.1 Å². The largest absolute Gasteiger partial charge is 0.416 e. The van der Waals surface area contributed by atoms with Gasteiger partial charge in [0, 0.05) is 25.4 Å². The van der Waals surface area contributed by atoms with Gasteiger partial charge in [0.05, 0.1) is 11.3 Å². The number of primary sulfonamides is 1. The molecule has 1 unspecified atom stereocenters. The Balaban J connectivity index is 2.07. The Morgan fingerprint density at radius 1 is 1.32 bits per heavy atom. The van der Waals surface area contributed by atoms with Crippen LogP contribution in [-0.4, -0.2) is 31.5 Å². The topological polar surface area (TPSA) is 80.5 Å². The van der Waals surface area contributed by atoms with Crippen LogP contribution in [0.25, 0.3) is 0 Å². The summed E-state index contributed by atoms with van der Waals surface area (Å²) in [5.41, 5.74) is -0.433. The van der Waals surface area contributed by atoms with Crippen LogP contribution in [0.1, 0.15) is 17.5 Å². The highest BCUT2D eigenvalue weighted by Gasteiger charge is 2.33. The zero-order chi connectivity index (χ0) is 16.5. The summed E-state index contributed by atoms with van der Waals surface area (Å²) in [4.78, 5) is 13.2. The standard InChI is InChI=1S/C13H15F3N2O3S/c14-13(15,16)11-3-1-2-9(4-11)6-18-7-10(5-12(18)19)8-22(17,20)21/h1-4,10H,5-8H2,(H2,17,20,21). The Hall–Kier alpha value is -1.61. The molecule has 0 radical (unpaired) electrons. The molecule has 22 heavy (non-hydrogen) atoms. The van der Waals surface area contributed by atoms with E-state index in [1.165, 1.54) is 17.0 Å². The lowest BCUT2D eigenvalue weighted by Gasteiger charge is -2.17. The highest BCUT2D eigenvalue weighted by Crippen LogP contribution is 2.30. The van der Waals surface area contributed by atoms with Crippen LogP contribution in [0.5, 0.6) is 0 Å². The van der Waals surface area contributed by atoms with E-state index in [0.717, 1.165) is 12.1 Å². The van der Waals surface area contributed by atoms with Crippen LogP contribution in [0.2, 0.25) is 0 Å². The minimum Gasteiger partial charge on any atom is -0.338 e. The fourth-order valence-corrected chi connectivity index (χ4v) is 3.39. The average Bonchev–Trinajstić information content (AvgIpc) is 2.66. The lowest BCUT2D eigenvalue weighted by molar-refractivity contribution is -0.137. The van der Waals surface area contributed by atoms with E-state index in [9.17, 15) is 26.4 Å². The third-order valence-corrected chi connectivity index (χ3v) is 4.33. The van der Waals surface area contributed by atoms with E-state index in [1.807, 2.05) is 0 Å². The van der Waals surface area contributed by atoms with Gasteiger partial charge in [0.1, 0.15) is 0 Å². The third-order valence-electron chi connectivity index (χ3n) is 3.39. The molecule has 0 bridgehead atoms. The highest BCUT2D eigenvalue weighted by molar-refractivity contribution is 7.89. The van der Waals surface area contributed by atoms with Gasteiger partial charge in [-0.3, -0.25) is 4.79 Å². The van der Waals surface area contributed by atoms with Crippen molar-refractivity contribution in [3.63, 3.8) is 0 Å². The van der Waals surface area contributed by atoms with Crippen LogP contribution in [0.15, 0.2) is 24.3 Å². The van der Waals surface area contributed by atoms with E-state index >= 15 is 0 Å². The molecule has 9 heteroatoms. The van der Waals surface area contributed by atoms with E-state index < -0.39 is 27.7 Å². The summed E-state index contributed by atoms with van der Waals surface area (Å²) in [7, 11) is -3.68. The number of alkyl halides is 3. The van der Waals surface area contributed by atoms with Crippen LogP contribution < -0.4 is 5.14 Å². The molecule has 0 aromatic heterocycles. The fourth-order valence-electron chi connectivity index (χ4n) is 2.51. The number of likely N-dealkylation sites (tertiary alicyclic amines) is 1. The molecule has 1 heterocycles.